The van der Waals surface area contributed by atoms with Crippen molar-refractivity contribution in [2.75, 3.05) is 12.0 Å². The molecule has 7 nitrogen and oxygen atoms in total. The highest BCUT2D eigenvalue weighted by molar-refractivity contribution is 7.90. The van der Waals surface area contributed by atoms with Crippen LogP contribution in [0.4, 0.5) is 11.4 Å². The van der Waals surface area contributed by atoms with Crippen LogP contribution >= 0.6 is 0 Å². The van der Waals surface area contributed by atoms with Crippen LogP contribution < -0.4 is 10.5 Å². The normalized spacial score (nSPS) is 11.1. The van der Waals surface area contributed by atoms with Crippen LogP contribution in [-0.2, 0) is 9.84 Å². The van der Waals surface area contributed by atoms with E-state index >= 15 is 0 Å². The third-order valence-corrected chi connectivity index (χ3v) is 3.81. The zero-order chi connectivity index (χ0) is 15.6. The van der Waals surface area contributed by atoms with Crippen molar-refractivity contribution in [2.24, 2.45) is 0 Å². The lowest BCUT2D eigenvalue weighted by atomic mass is 10.2. The molecule has 2 rings (SSSR count). The van der Waals surface area contributed by atoms with Crippen molar-refractivity contribution in [2.45, 2.75) is 4.90 Å². The summed E-state index contributed by atoms with van der Waals surface area (Å²) < 4.78 is 28.1. The maximum atomic E-state index is 11.3. The first-order valence-electron chi connectivity index (χ1n) is 5.79. The quantitative estimate of drug-likeness (QED) is 0.527. The van der Waals surface area contributed by atoms with Gasteiger partial charge < -0.3 is 10.5 Å². The Morgan fingerprint density at radius 3 is 2.14 bits per heavy atom. The summed E-state index contributed by atoms with van der Waals surface area (Å²) >= 11 is 0. The molecule has 0 aliphatic heterocycles. The molecule has 0 unspecified atom stereocenters. The summed E-state index contributed by atoms with van der Waals surface area (Å²) in [6.07, 6.45) is 1.11. The van der Waals surface area contributed by atoms with E-state index < -0.39 is 14.8 Å². The molecule has 8 heteroatoms. The van der Waals surface area contributed by atoms with Gasteiger partial charge in [0.2, 0.25) is 0 Å². The Labute approximate surface area is 121 Å². The Morgan fingerprint density at radius 2 is 1.67 bits per heavy atom. The van der Waals surface area contributed by atoms with Crippen molar-refractivity contribution < 1.29 is 18.1 Å². The van der Waals surface area contributed by atoms with E-state index in [1.54, 1.807) is 0 Å². The monoisotopic (exact) mass is 308 g/mol. The van der Waals surface area contributed by atoms with Crippen molar-refractivity contribution >= 4 is 21.2 Å². The number of hydrogen-bond donors (Lipinski definition) is 1. The summed E-state index contributed by atoms with van der Waals surface area (Å²) in [5.41, 5.74) is 5.35. The van der Waals surface area contributed by atoms with E-state index in [-0.39, 0.29) is 16.3 Å². The number of sulfone groups is 1. The number of nitrogens with zero attached hydrogens (tertiary/aromatic N) is 1. The van der Waals surface area contributed by atoms with E-state index in [1.165, 1.54) is 42.5 Å². The van der Waals surface area contributed by atoms with Gasteiger partial charge >= 0.3 is 0 Å². The summed E-state index contributed by atoms with van der Waals surface area (Å²) in [7, 11) is -3.26. The smallest absolute Gasteiger partial charge is 0.292 e. The summed E-state index contributed by atoms with van der Waals surface area (Å²) in [6.45, 7) is 0. The Morgan fingerprint density at radius 1 is 1.10 bits per heavy atom. The van der Waals surface area contributed by atoms with E-state index in [0.29, 0.717) is 11.5 Å². The summed E-state index contributed by atoms with van der Waals surface area (Å²) in [5, 5.41) is 10.7. The molecule has 21 heavy (non-hydrogen) atoms. The number of anilines is 1. The minimum absolute atomic E-state index is 0.00902. The van der Waals surface area contributed by atoms with Crippen LogP contribution in [0.2, 0.25) is 0 Å². The van der Waals surface area contributed by atoms with Gasteiger partial charge in [0.1, 0.15) is 17.2 Å². The van der Waals surface area contributed by atoms with Crippen LogP contribution in [0.25, 0.3) is 0 Å². The van der Waals surface area contributed by atoms with Crippen molar-refractivity contribution in [3.63, 3.8) is 0 Å². The highest BCUT2D eigenvalue weighted by Gasteiger charge is 2.12. The van der Waals surface area contributed by atoms with Gasteiger partial charge in [-0.3, -0.25) is 10.1 Å². The van der Waals surface area contributed by atoms with Gasteiger partial charge in [0.15, 0.2) is 9.84 Å². The number of nitrogens with two attached hydrogens (primary N) is 1. The molecule has 0 bridgehead atoms. The van der Waals surface area contributed by atoms with Gasteiger partial charge in [-0.25, -0.2) is 8.42 Å². The first-order chi connectivity index (χ1) is 9.77. The number of nitrogen functional groups attached to an aromatic ring is 1. The summed E-state index contributed by atoms with van der Waals surface area (Å²) in [5.74, 6) is 0.723. The summed E-state index contributed by atoms with van der Waals surface area (Å²) in [4.78, 5) is 10.2. The topological polar surface area (TPSA) is 113 Å². The molecule has 2 aromatic carbocycles. The van der Waals surface area contributed by atoms with Gasteiger partial charge in [0, 0.05) is 18.4 Å². The number of benzene rings is 2. The third kappa shape index (κ3) is 3.48. The lowest BCUT2D eigenvalue weighted by Crippen LogP contribution is -1.97. The molecule has 0 heterocycles. The summed E-state index contributed by atoms with van der Waals surface area (Å²) in [6, 6.07) is 9.82. The zero-order valence-corrected chi connectivity index (χ0v) is 11.8. The Hall–Kier alpha value is -2.61. The van der Waals surface area contributed by atoms with Crippen LogP contribution in [0.3, 0.4) is 0 Å². The Kier molecular flexibility index (Phi) is 3.81. The highest BCUT2D eigenvalue weighted by Crippen LogP contribution is 2.29. The standard InChI is InChI=1S/C13H12N2O5S/c1-21(18,19)11-5-2-9(3-6-11)20-10-4-7-13(15(16)17)12(14)8-10/h2-8H,14H2,1H3. The predicted octanol–water partition coefficient (Wildman–Crippen LogP) is 2.37. The van der Waals surface area contributed by atoms with Gasteiger partial charge in [-0.05, 0) is 30.3 Å². The third-order valence-electron chi connectivity index (χ3n) is 2.68. The number of nitro benzene ring substituents is 1. The zero-order valence-electron chi connectivity index (χ0n) is 11.0. The van der Waals surface area contributed by atoms with Crippen molar-refractivity contribution in [1.29, 1.82) is 0 Å². The molecule has 2 aromatic rings. The molecule has 0 aromatic heterocycles. The lowest BCUT2D eigenvalue weighted by Gasteiger charge is -2.07. The van der Waals surface area contributed by atoms with E-state index in [4.69, 9.17) is 10.5 Å². The number of hydrogen-bond acceptors (Lipinski definition) is 6. The fourth-order valence-corrected chi connectivity index (χ4v) is 2.28. The molecule has 110 valence electrons. The van der Waals surface area contributed by atoms with Crippen LogP contribution in [0, 0.1) is 10.1 Å². The molecule has 0 saturated carbocycles. The minimum Gasteiger partial charge on any atom is -0.457 e. The first kappa shape index (κ1) is 14.8. The molecule has 0 saturated heterocycles. The first-order valence-corrected chi connectivity index (χ1v) is 7.68. The van der Waals surface area contributed by atoms with E-state index in [0.717, 1.165) is 6.26 Å². The van der Waals surface area contributed by atoms with E-state index in [9.17, 15) is 18.5 Å². The molecule has 0 radical (unpaired) electrons. The van der Waals surface area contributed by atoms with E-state index in [2.05, 4.69) is 0 Å². The molecular formula is C13H12N2O5S. The average Bonchev–Trinajstić information content (AvgIpc) is 2.38. The fraction of sp³-hybridized carbons (Fsp3) is 0.0769. The number of rotatable bonds is 4. The molecule has 0 amide bonds. The second-order valence-electron chi connectivity index (χ2n) is 4.32. The van der Waals surface area contributed by atoms with Crippen molar-refractivity contribution in [3.05, 3.63) is 52.6 Å². The lowest BCUT2D eigenvalue weighted by molar-refractivity contribution is -0.383. The molecule has 0 aliphatic carbocycles. The van der Waals surface area contributed by atoms with Gasteiger partial charge in [0.05, 0.1) is 9.82 Å². The minimum atomic E-state index is -3.26. The number of nitro groups is 1. The van der Waals surface area contributed by atoms with Gasteiger partial charge in [0.25, 0.3) is 5.69 Å². The second kappa shape index (κ2) is 5.41. The Balaban J connectivity index is 2.23. The van der Waals surface area contributed by atoms with Crippen molar-refractivity contribution in [1.82, 2.24) is 0 Å². The maximum absolute atomic E-state index is 11.3. The largest absolute Gasteiger partial charge is 0.457 e. The molecule has 0 spiro atoms. The van der Waals surface area contributed by atoms with Crippen LogP contribution in [0.1, 0.15) is 0 Å². The second-order valence-corrected chi connectivity index (χ2v) is 6.34. The van der Waals surface area contributed by atoms with Crippen LogP contribution in [0.5, 0.6) is 11.5 Å². The SMILES string of the molecule is CS(=O)(=O)c1ccc(Oc2ccc([N+](=O)[O-])c(N)c2)cc1. The van der Waals surface area contributed by atoms with Gasteiger partial charge in [-0.1, -0.05) is 0 Å². The average molecular weight is 308 g/mol. The molecule has 0 fully saturated rings. The van der Waals surface area contributed by atoms with E-state index in [1.807, 2.05) is 0 Å². The van der Waals surface area contributed by atoms with Crippen molar-refractivity contribution in [3.8, 4) is 11.5 Å². The molecule has 2 N–H and O–H groups in total. The predicted molar refractivity (Wildman–Crippen MR) is 77.1 cm³/mol. The fourth-order valence-electron chi connectivity index (χ4n) is 1.65. The van der Waals surface area contributed by atoms with Crippen LogP contribution in [-0.4, -0.2) is 19.6 Å². The van der Waals surface area contributed by atoms with Crippen LogP contribution in [0.15, 0.2) is 47.4 Å². The number of ether oxygens (including phenoxy) is 1. The van der Waals surface area contributed by atoms with Gasteiger partial charge in [-0.2, -0.15) is 0 Å². The molecule has 0 atom stereocenters. The van der Waals surface area contributed by atoms with Gasteiger partial charge in [-0.15, -0.1) is 0 Å². The highest BCUT2D eigenvalue weighted by atomic mass is 32.2. The maximum Gasteiger partial charge on any atom is 0.292 e. The Bertz CT molecular complexity index is 785. The molecule has 0 aliphatic rings. The molecular weight excluding hydrogens is 296 g/mol.